The summed E-state index contributed by atoms with van der Waals surface area (Å²) in [4.78, 5) is 26.1. The van der Waals surface area contributed by atoms with Crippen molar-refractivity contribution >= 4 is 11.8 Å². The summed E-state index contributed by atoms with van der Waals surface area (Å²) >= 11 is 0. The number of nitrogens with zero attached hydrogens (tertiary/aromatic N) is 1. The van der Waals surface area contributed by atoms with Gasteiger partial charge in [-0.2, -0.15) is 0 Å². The second kappa shape index (κ2) is 7.11. The van der Waals surface area contributed by atoms with E-state index in [1.807, 2.05) is 30.3 Å². The molecule has 1 saturated heterocycles. The van der Waals surface area contributed by atoms with Crippen LogP contribution in [0.15, 0.2) is 47.1 Å². The molecule has 2 N–H and O–H groups in total. The molecule has 1 fully saturated rings. The van der Waals surface area contributed by atoms with E-state index < -0.39 is 5.60 Å². The maximum absolute atomic E-state index is 12.9. The summed E-state index contributed by atoms with van der Waals surface area (Å²) < 4.78 is 5.45. The third kappa shape index (κ3) is 3.74. The van der Waals surface area contributed by atoms with Crippen molar-refractivity contribution in [1.82, 2.24) is 10.2 Å². The molecule has 1 aliphatic rings. The van der Waals surface area contributed by atoms with Gasteiger partial charge in [0.05, 0.1) is 24.8 Å². The minimum atomic E-state index is -1.20. The fourth-order valence-corrected chi connectivity index (χ4v) is 3.28. The van der Waals surface area contributed by atoms with Gasteiger partial charge in [-0.1, -0.05) is 30.3 Å². The van der Waals surface area contributed by atoms with Crippen molar-refractivity contribution in [2.24, 2.45) is 0 Å². The number of β-amino-alcohol motifs (C(OH)–C–C–N with tert-alkyl or cyclic N) is 1. The Bertz CT molecular complexity index is 756. The number of likely N-dealkylation sites (tertiary alicyclic amines) is 1. The van der Waals surface area contributed by atoms with E-state index in [0.29, 0.717) is 19.4 Å². The Kier molecular flexibility index (Phi) is 4.90. The molecule has 0 radical (unpaired) electrons. The Balaban J connectivity index is 1.80. The van der Waals surface area contributed by atoms with Gasteiger partial charge in [-0.05, 0) is 24.5 Å². The first-order chi connectivity index (χ1) is 12.0. The minimum Gasteiger partial charge on any atom is -0.459 e. The molecule has 25 heavy (non-hydrogen) atoms. The van der Waals surface area contributed by atoms with Crippen LogP contribution in [0.1, 0.15) is 29.8 Å². The first-order valence-electron chi connectivity index (χ1n) is 8.37. The van der Waals surface area contributed by atoms with Crippen LogP contribution in [-0.2, 0) is 4.79 Å². The summed E-state index contributed by atoms with van der Waals surface area (Å²) in [7, 11) is 1.53. The van der Waals surface area contributed by atoms with Gasteiger partial charge in [0.15, 0.2) is 5.76 Å². The third-order valence-electron chi connectivity index (χ3n) is 4.56. The Morgan fingerprint density at radius 3 is 2.76 bits per heavy atom. The Morgan fingerprint density at radius 2 is 2.04 bits per heavy atom. The van der Waals surface area contributed by atoms with Gasteiger partial charge in [-0.25, -0.2) is 0 Å². The van der Waals surface area contributed by atoms with Crippen molar-refractivity contribution in [3.8, 4) is 11.1 Å². The van der Waals surface area contributed by atoms with E-state index in [2.05, 4.69) is 5.32 Å². The maximum atomic E-state index is 12.9. The van der Waals surface area contributed by atoms with Crippen molar-refractivity contribution in [1.29, 1.82) is 0 Å². The van der Waals surface area contributed by atoms with Crippen LogP contribution in [0.2, 0.25) is 0 Å². The molecule has 2 aromatic rings. The van der Waals surface area contributed by atoms with Crippen LogP contribution in [0.5, 0.6) is 0 Å². The smallest absolute Gasteiger partial charge is 0.290 e. The zero-order valence-corrected chi connectivity index (χ0v) is 14.2. The van der Waals surface area contributed by atoms with E-state index in [1.165, 1.54) is 13.3 Å². The number of benzene rings is 1. The average Bonchev–Trinajstić information content (AvgIpc) is 3.11. The van der Waals surface area contributed by atoms with Crippen LogP contribution in [0.25, 0.3) is 11.1 Å². The highest BCUT2D eigenvalue weighted by atomic mass is 16.3. The SMILES string of the molecule is CNC(=O)CC1(O)CCCN(C(=O)c2occc2-c2ccccc2)C1. The quantitative estimate of drug-likeness (QED) is 0.891. The van der Waals surface area contributed by atoms with E-state index in [9.17, 15) is 14.7 Å². The fourth-order valence-electron chi connectivity index (χ4n) is 3.28. The molecule has 6 heteroatoms. The van der Waals surface area contributed by atoms with Gasteiger partial charge < -0.3 is 19.7 Å². The molecule has 0 aliphatic carbocycles. The highest BCUT2D eigenvalue weighted by Gasteiger charge is 2.38. The number of amides is 2. The second-order valence-electron chi connectivity index (χ2n) is 6.43. The molecule has 1 aromatic heterocycles. The number of carbonyl (C=O) groups is 2. The van der Waals surface area contributed by atoms with Gasteiger partial charge in [0.1, 0.15) is 0 Å². The second-order valence-corrected chi connectivity index (χ2v) is 6.43. The lowest BCUT2D eigenvalue weighted by Gasteiger charge is -2.38. The molecule has 3 rings (SSSR count). The molecule has 2 heterocycles. The predicted octanol–water partition coefficient (Wildman–Crippen LogP) is 2.05. The summed E-state index contributed by atoms with van der Waals surface area (Å²) in [5, 5.41) is 13.2. The molecule has 6 nitrogen and oxygen atoms in total. The Hall–Kier alpha value is -2.60. The van der Waals surface area contributed by atoms with Crippen LogP contribution < -0.4 is 5.32 Å². The molecular weight excluding hydrogens is 320 g/mol. The number of piperidine rings is 1. The minimum absolute atomic E-state index is 0.0169. The lowest BCUT2D eigenvalue weighted by atomic mass is 9.89. The van der Waals surface area contributed by atoms with Crippen LogP contribution in [0, 0.1) is 0 Å². The number of furan rings is 1. The molecule has 1 aromatic carbocycles. The van der Waals surface area contributed by atoms with E-state index >= 15 is 0 Å². The highest BCUT2D eigenvalue weighted by Crippen LogP contribution is 2.29. The van der Waals surface area contributed by atoms with Gasteiger partial charge in [0.2, 0.25) is 5.91 Å². The van der Waals surface area contributed by atoms with Crippen molar-refractivity contribution in [2.75, 3.05) is 20.1 Å². The summed E-state index contributed by atoms with van der Waals surface area (Å²) in [6.07, 6.45) is 2.61. The van der Waals surface area contributed by atoms with E-state index in [4.69, 9.17) is 4.42 Å². The van der Waals surface area contributed by atoms with Gasteiger partial charge in [0.25, 0.3) is 5.91 Å². The van der Waals surface area contributed by atoms with Crippen molar-refractivity contribution in [3.05, 3.63) is 48.4 Å². The van der Waals surface area contributed by atoms with E-state index in [1.54, 1.807) is 11.0 Å². The van der Waals surface area contributed by atoms with Crippen molar-refractivity contribution in [2.45, 2.75) is 24.9 Å². The number of nitrogens with one attached hydrogen (secondary N) is 1. The van der Waals surface area contributed by atoms with Crippen molar-refractivity contribution in [3.63, 3.8) is 0 Å². The molecule has 132 valence electrons. The lowest BCUT2D eigenvalue weighted by Crippen LogP contribution is -2.52. The summed E-state index contributed by atoms with van der Waals surface area (Å²) in [5.74, 6) is -0.242. The van der Waals surface area contributed by atoms with Gasteiger partial charge in [-0.3, -0.25) is 9.59 Å². The van der Waals surface area contributed by atoms with Crippen LogP contribution in [0.4, 0.5) is 0 Å². The van der Waals surface area contributed by atoms with Gasteiger partial charge in [0, 0.05) is 19.2 Å². The van der Waals surface area contributed by atoms with Gasteiger partial charge in [-0.15, -0.1) is 0 Å². The Labute approximate surface area is 146 Å². The predicted molar refractivity (Wildman–Crippen MR) is 92.9 cm³/mol. The summed E-state index contributed by atoms with van der Waals surface area (Å²) in [5.41, 5.74) is 0.427. The third-order valence-corrected chi connectivity index (χ3v) is 4.56. The molecule has 1 atom stereocenters. The monoisotopic (exact) mass is 342 g/mol. The molecule has 2 amide bonds. The lowest BCUT2D eigenvalue weighted by molar-refractivity contribution is -0.127. The molecule has 0 bridgehead atoms. The molecule has 1 aliphatic heterocycles. The standard InChI is InChI=1S/C19H22N2O4/c1-20-16(22)12-19(24)9-5-10-21(13-19)18(23)17-15(8-11-25-17)14-6-3-2-4-7-14/h2-4,6-8,11,24H,5,9-10,12-13H2,1H3,(H,20,22). The van der Waals surface area contributed by atoms with E-state index in [0.717, 1.165) is 11.1 Å². The fraction of sp³-hybridized carbons (Fsp3) is 0.368. The maximum Gasteiger partial charge on any atom is 0.290 e. The molecule has 1 unspecified atom stereocenters. The summed E-state index contributed by atoms with van der Waals surface area (Å²) in [6.45, 7) is 0.651. The Morgan fingerprint density at radius 1 is 1.28 bits per heavy atom. The summed E-state index contributed by atoms with van der Waals surface area (Å²) in [6, 6.07) is 11.3. The van der Waals surface area contributed by atoms with Crippen LogP contribution in [0.3, 0.4) is 0 Å². The average molecular weight is 342 g/mol. The van der Waals surface area contributed by atoms with Gasteiger partial charge >= 0.3 is 0 Å². The molecule has 0 saturated carbocycles. The molecule has 0 spiro atoms. The zero-order valence-electron chi connectivity index (χ0n) is 14.2. The number of aliphatic hydroxyl groups is 1. The number of hydrogen-bond acceptors (Lipinski definition) is 4. The van der Waals surface area contributed by atoms with Crippen molar-refractivity contribution < 1.29 is 19.1 Å². The number of carbonyl (C=O) groups excluding carboxylic acids is 2. The van der Waals surface area contributed by atoms with Crippen LogP contribution in [-0.4, -0.2) is 47.6 Å². The highest BCUT2D eigenvalue weighted by molar-refractivity contribution is 5.98. The molecular formula is C19H22N2O4. The first-order valence-corrected chi connectivity index (χ1v) is 8.37. The topological polar surface area (TPSA) is 82.8 Å². The number of rotatable bonds is 4. The first kappa shape index (κ1) is 17.2. The van der Waals surface area contributed by atoms with Crippen LogP contribution >= 0.6 is 0 Å². The van der Waals surface area contributed by atoms with E-state index in [-0.39, 0.29) is 30.5 Å². The normalized spacial score (nSPS) is 20.3. The zero-order chi connectivity index (χ0) is 17.9. The largest absolute Gasteiger partial charge is 0.459 e. The number of hydrogen-bond donors (Lipinski definition) is 2.